The van der Waals surface area contributed by atoms with E-state index in [-0.39, 0.29) is 0 Å². The molecule has 0 aliphatic carbocycles. The third-order valence-electron chi connectivity index (χ3n) is 5.09. The molecule has 0 amide bonds. The van der Waals surface area contributed by atoms with Crippen molar-refractivity contribution >= 4 is 0 Å². The van der Waals surface area contributed by atoms with E-state index in [0.29, 0.717) is 22.8 Å². The van der Waals surface area contributed by atoms with E-state index in [0.717, 1.165) is 10.1 Å². The van der Waals surface area contributed by atoms with Crippen molar-refractivity contribution in [1.82, 2.24) is 10.1 Å². The second-order valence-electron chi connectivity index (χ2n) is 6.64. The van der Waals surface area contributed by atoms with Crippen molar-refractivity contribution in [2.75, 3.05) is 21.3 Å². The standard InChI is InChI=1S/C16H26N2O5/c1-15(2)16(3,4)18(20)14(17(15)19)10-8-11(21-5)13(23-7)12(9-10)22-6/h8-9,14,19-20H,1-7H3. The molecule has 7 heteroatoms. The number of hydroxylamine groups is 4. The van der Waals surface area contributed by atoms with Gasteiger partial charge in [-0.15, -0.1) is 0 Å². The van der Waals surface area contributed by atoms with Gasteiger partial charge in [0.15, 0.2) is 11.5 Å². The second kappa shape index (κ2) is 5.83. The van der Waals surface area contributed by atoms with Crippen LogP contribution in [-0.2, 0) is 0 Å². The monoisotopic (exact) mass is 326 g/mol. The maximum absolute atomic E-state index is 10.6. The molecule has 1 heterocycles. The lowest BCUT2D eigenvalue weighted by Crippen LogP contribution is -2.52. The van der Waals surface area contributed by atoms with Crippen LogP contribution in [0.25, 0.3) is 0 Å². The third-order valence-corrected chi connectivity index (χ3v) is 5.09. The van der Waals surface area contributed by atoms with Gasteiger partial charge in [-0.25, -0.2) is 0 Å². The first kappa shape index (κ1) is 17.8. The van der Waals surface area contributed by atoms with Crippen LogP contribution in [0, 0.1) is 0 Å². The minimum absolute atomic E-state index is 0.462. The van der Waals surface area contributed by atoms with E-state index in [1.54, 1.807) is 12.1 Å². The number of methoxy groups -OCH3 is 3. The van der Waals surface area contributed by atoms with Crippen molar-refractivity contribution < 1.29 is 24.6 Å². The molecule has 1 saturated heterocycles. The number of benzene rings is 1. The lowest BCUT2D eigenvalue weighted by molar-refractivity contribution is -0.223. The predicted molar refractivity (Wildman–Crippen MR) is 84.2 cm³/mol. The Hall–Kier alpha value is -1.54. The Bertz CT molecular complexity index is 543. The SMILES string of the molecule is COc1cc(C2N(O)C(C)(C)C(C)(C)N2O)cc(OC)c1OC. The van der Waals surface area contributed by atoms with Crippen LogP contribution in [0.3, 0.4) is 0 Å². The van der Waals surface area contributed by atoms with Gasteiger partial charge in [-0.05, 0) is 45.4 Å². The molecule has 23 heavy (non-hydrogen) atoms. The Labute approximate surface area is 136 Å². The zero-order valence-electron chi connectivity index (χ0n) is 14.7. The molecule has 0 spiro atoms. The fourth-order valence-corrected chi connectivity index (χ4v) is 2.81. The predicted octanol–water partition coefficient (Wildman–Crippen LogP) is 2.66. The van der Waals surface area contributed by atoms with Crippen molar-refractivity contribution in [3.05, 3.63) is 17.7 Å². The Morgan fingerprint density at radius 2 is 1.22 bits per heavy atom. The van der Waals surface area contributed by atoms with Gasteiger partial charge in [0.25, 0.3) is 0 Å². The first-order valence-electron chi connectivity index (χ1n) is 7.39. The number of ether oxygens (including phenoxy) is 3. The van der Waals surface area contributed by atoms with E-state index in [9.17, 15) is 10.4 Å². The normalized spacial score (nSPS) is 21.4. The average molecular weight is 326 g/mol. The molecule has 0 bridgehead atoms. The van der Waals surface area contributed by atoms with Crippen LogP contribution in [0.5, 0.6) is 17.2 Å². The minimum Gasteiger partial charge on any atom is -0.493 e. The summed E-state index contributed by atoms with van der Waals surface area (Å²) in [5, 5.41) is 23.6. The summed E-state index contributed by atoms with van der Waals surface area (Å²) in [5.41, 5.74) is -0.720. The Balaban J connectivity index is 2.58. The Morgan fingerprint density at radius 1 is 0.826 bits per heavy atom. The van der Waals surface area contributed by atoms with Crippen LogP contribution in [-0.4, -0.2) is 52.9 Å². The quantitative estimate of drug-likeness (QED) is 0.881. The van der Waals surface area contributed by atoms with E-state index >= 15 is 0 Å². The number of hydrogen-bond donors (Lipinski definition) is 2. The summed E-state index contributed by atoms with van der Waals surface area (Å²) in [6, 6.07) is 3.44. The summed E-state index contributed by atoms with van der Waals surface area (Å²) >= 11 is 0. The molecule has 1 aromatic carbocycles. The van der Waals surface area contributed by atoms with Gasteiger partial charge in [0, 0.05) is 0 Å². The topological polar surface area (TPSA) is 74.6 Å². The smallest absolute Gasteiger partial charge is 0.203 e. The zero-order valence-corrected chi connectivity index (χ0v) is 14.7. The molecule has 1 aromatic rings. The Kier molecular flexibility index (Phi) is 4.51. The molecule has 0 unspecified atom stereocenters. The van der Waals surface area contributed by atoms with Gasteiger partial charge in [0.1, 0.15) is 6.17 Å². The van der Waals surface area contributed by atoms with Crippen molar-refractivity contribution in [1.29, 1.82) is 0 Å². The van der Waals surface area contributed by atoms with Gasteiger partial charge in [0.05, 0.1) is 32.4 Å². The molecule has 0 radical (unpaired) electrons. The van der Waals surface area contributed by atoms with Crippen LogP contribution in [0.15, 0.2) is 12.1 Å². The van der Waals surface area contributed by atoms with Gasteiger partial charge in [-0.2, -0.15) is 10.1 Å². The maximum atomic E-state index is 10.6. The van der Waals surface area contributed by atoms with Gasteiger partial charge >= 0.3 is 0 Å². The Morgan fingerprint density at radius 3 is 1.52 bits per heavy atom. The van der Waals surface area contributed by atoms with E-state index in [1.165, 1.54) is 21.3 Å². The fraction of sp³-hybridized carbons (Fsp3) is 0.625. The van der Waals surface area contributed by atoms with Gasteiger partial charge < -0.3 is 24.6 Å². The largest absolute Gasteiger partial charge is 0.493 e. The van der Waals surface area contributed by atoms with Crippen molar-refractivity contribution in [3.8, 4) is 17.2 Å². The van der Waals surface area contributed by atoms with Crippen LogP contribution in [0.1, 0.15) is 39.4 Å². The van der Waals surface area contributed by atoms with Crippen molar-refractivity contribution in [2.45, 2.75) is 44.9 Å². The third kappa shape index (κ3) is 2.44. The summed E-state index contributed by atoms with van der Waals surface area (Å²) in [6.45, 7) is 7.48. The molecule has 1 aliphatic rings. The summed E-state index contributed by atoms with van der Waals surface area (Å²) in [4.78, 5) is 0. The summed E-state index contributed by atoms with van der Waals surface area (Å²) < 4.78 is 16.0. The van der Waals surface area contributed by atoms with Gasteiger partial charge in [0.2, 0.25) is 5.75 Å². The highest BCUT2D eigenvalue weighted by molar-refractivity contribution is 5.54. The highest BCUT2D eigenvalue weighted by atomic mass is 16.6. The van der Waals surface area contributed by atoms with Crippen molar-refractivity contribution in [2.24, 2.45) is 0 Å². The molecule has 1 fully saturated rings. The summed E-state index contributed by atoms with van der Waals surface area (Å²) in [5.74, 6) is 1.39. The van der Waals surface area contributed by atoms with Gasteiger partial charge in [-0.3, -0.25) is 0 Å². The average Bonchev–Trinajstić information content (AvgIpc) is 2.63. The molecule has 1 aliphatic heterocycles. The van der Waals surface area contributed by atoms with Crippen LogP contribution < -0.4 is 14.2 Å². The lowest BCUT2D eigenvalue weighted by Gasteiger charge is -2.37. The zero-order chi connectivity index (χ0) is 17.6. The maximum Gasteiger partial charge on any atom is 0.203 e. The summed E-state index contributed by atoms with van der Waals surface area (Å²) in [7, 11) is 4.58. The number of nitrogens with zero attached hydrogens (tertiary/aromatic N) is 2. The first-order chi connectivity index (χ1) is 10.6. The highest BCUT2D eigenvalue weighted by Gasteiger charge is 2.58. The number of rotatable bonds is 4. The molecular weight excluding hydrogens is 300 g/mol. The van der Waals surface area contributed by atoms with E-state index in [2.05, 4.69) is 0 Å². The first-order valence-corrected chi connectivity index (χ1v) is 7.39. The minimum atomic E-state index is -0.756. The van der Waals surface area contributed by atoms with E-state index in [4.69, 9.17) is 14.2 Å². The molecule has 130 valence electrons. The van der Waals surface area contributed by atoms with Crippen LogP contribution >= 0.6 is 0 Å². The molecule has 0 atom stereocenters. The number of hydrogen-bond acceptors (Lipinski definition) is 7. The molecule has 0 saturated carbocycles. The van der Waals surface area contributed by atoms with E-state index in [1.807, 2.05) is 27.7 Å². The molecule has 2 rings (SSSR count). The van der Waals surface area contributed by atoms with Crippen LogP contribution in [0.2, 0.25) is 0 Å². The molecular formula is C16H26N2O5. The molecule has 0 aromatic heterocycles. The lowest BCUT2D eigenvalue weighted by atomic mass is 9.84. The second-order valence-corrected chi connectivity index (χ2v) is 6.64. The summed E-state index contributed by atoms with van der Waals surface area (Å²) in [6.07, 6.45) is -0.756. The highest BCUT2D eigenvalue weighted by Crippen LogP contribution is 2.49. The van der Waals surface area contributed by atoms with Crippen LogP contribution in [0.4, 0.5) is 0 Å². The van der Waals surface area contributed by atoms with Gasteiger partial charge in [-0.1, -0.05) is 0 Å². The molecule has 2 N–H and O–H groups in total. The fourth-order valence-electron chi connectivity index (χ4n) is 2.81. The molecule has 7 nitrogen and oxygen atoms in total. The van der Waals surface area contributed by atoms with Crippen molar-refractivity contribution in [3.63, 3.8) is 0 Å². The van der Waals surface area contributed by atoms with E-state index < -0.39 is 17.2 Å².